The maximum atomic E-state index is 5.28. The summed E-state index contributed by atoms with van der Waals surface area (Å²) in [6.45, 7) is 0. The van der Waals surface area contributed by atoms with E-state index in [0.29, 0.717) is 11.4 Å². The number of thiocarbonyl (C=S) groups is 1. The molecule has 0 fully saturated rings. The van der Waals surface area contributed by atoms with Crippen molar-refractivity contribution in [3.63, 3.8) is 0 Å². The summed E-state index contributed by atoms with van der Waals surface area (Å²) in [4.78, 5) is 0.501. The van der Waals surface area contributed by atoms with Gasteiger partial charge in [-0.25, -0.2) is 0 Å². The maximum Gasteiger partial charge on any atom is 0.0788 e. The molecular formula is C5H6N2S2. The first-order chi connectivity index (χ1) is 4.29. The molecule has 0 aliphatic heterocycles. The molecule has 48 valence electrons. The van der Waals surface area contributed by atoms with Gasteiger partial charge in [-0.3, -0.25) is 0 Å². The molecule has 0 unspecified atom stereocenters. The van der Waals surface area contributed by atoms with Crippen LogP contribution in [0.1, 0.15) is 5.69 Å². The van der Waals surface area contributed by atoms with Crippen LogP contribution in [0.15, 0.2) is 11.4 Å². The van der Waals surface area contributed by atoms with E-state index in [0.717, 1.165) is 5.69 Å². The highest BCUT2D eigenvalue weighted by Gasteiger charge is 1.94. The van der Waals surface area contributed by atoms with Crippen LogP contribution in [0, 0.1) is 0 Å². The van der Waals surface area contributed by atoms with Crippen LogP contribution < -0.4 is 5.73 Å². The number of hydrogen-bond acceptors (Lipinski definition) is 3. The summed E-state index contributed by atoms with van der Waals surface area (Å²) in [7, 11) is 0. The highest BCUT2D eigenvalue weighted by atomic mass is 32.1. The molecule has 0 aromatic carbocycles. The van der Waals surface area contributed by atoms with E-state index in [-0.39, 0.29) is 0 Å². The quantitative estimate of drug-likeness (QED) is 0.652. The molecule has 1 heterocycles. The van der Waals surface area contributed by atoms with Gasteiger partial charge in [0.25, 0.3) is 0 Å². The largest absolute Gasteiger partial charge is 0.393 e. The van der Waals surface area contributed by atoms with Crippen molar-refractivity contribution in [2.45, 2.75) is 6.42 Å². The molecule has 0 aliphatic rings. The van der Waals surface area contributed by atoms with Crippen molar-refractivity contribution in [3.05, 3.63) is 17.1 Å². The summed E-state index contributed by atoms with van der Waals surface area (Å²) in [5.74, 6) is 0. The standard InChI is InChI=1S/C5H6N2S2/c6-5(8)3-4-1-2-9-7-4/h1-2H,3H2,(H2,6,8). The smallest absolute Gasteiger partial charge is 0.0788 e. The first-order valence-electron chi connectivity index (χ1n) is 2.46. The molecule has 0 spiro atoms. The molecule has 0 bridgehead atoms. The minimum Gasteiger partial charge on any atom is -0.393 e. The average Bonchev–Trinajstić information content (AvgIpc) is 2.15. The highest BCUT2D eigenvalue weighted by molar-refractivity contribution is 7.80. The van der Waals surface area contributed by atoms with Gasteiger partial charge in [-0.2, -0.15) is 4.37 Å². The highest BCUT2D eigenvalue weighted by Crippen LogP contribution is 1.99. The van der Waals surface area contributed by atoms with Gasteiger partial charge in [0.05, 0.1) is 10.7 Å². The molecule has 9 heavy (non-hydrogen) atoms. The first-order valence-corrected chi connectivity index (χ1v) is 3.71. The van der Waals surface area contributed by atoms with Crippen molar-refractivity contribution >= 4 is 28.7 Å². The number of nitrogens with zero attached hydrogens (tertiary/aromatic N) is 1. The lowest BCUT2D eigenvalue weighted by atomic mass is 10.3. The third kappa shape index (κ3) is 2.07. The summed E-state index contributed by atoms with van der Waals surface area (Å²) in [5.41, 5.74) is 6.24. The lowest BCUT2D eigenvalue weighted by Gasteiger charge is -1.88. The van der Waals surface area contributed by atoms with Crippen molar-refractivity contribution in [1.82, 2.24) is 4.37 Å². The van der Waals surface area contributed by atoms with Crippen LogP contribution in [0.5, 0.6) is 0 Å². The van der Waals surface area contributed by atoms with Gasteiger partial charge in [0.1, 0.15) is 0 Å². The Hall–Kier alpha value is -0.480. The second-order valence-electron chi connectivity index (χ2n) is 1.63. The second-order valence-corrected chi connectivity index (χ2v) is 2.82. The number of aromatic nitrogens is 1. The van der Waals surface area contributed by atoms with Gasteiger partial charge >= 0.3 is 0 Å². The lowest BCUT2D eigenvalue weighted by molar-refractivity contribution is 1.24. The molecule has 1 rings (SSSR count). The van der Waals surface area contributed by atoms with Gasteiger partial charge in [-0.1, -0.05) is 12.2 Å². The van der Waals surface area contributed by atoms with E-state index in [1.54, 1.807) is 0 Å². The topological polar surface area (TPSA) is 38.9 Å². The molecule has 2 nitrogen and oxygen atoms in total. The number of hydrogen-bond donors (Lipinski definition) is 1. The van der Waals surface area contributed by atoms with E-state index in [1.165, 1.54) is 11.5 Å². The van der Waals surface area contributed by atoms with Crippen molar-refractivity contribution in [3.8, 4) is 0 Å². The molecule has 1 aromatic rings. The first kappa shape index (κ1) is 6.64. The zero-order valence-electron chi connectivity index (χ0n) is 4.70. The zero-order valence-corrected chi connectivity index (χ0v) is 6.34. The average molecular weight is 158 g/mol. The van der Waals surface area contributed by atoms with E-state index >= 15 is 0 Å². The van der Waals surface area contributed by atoms with Crippen LogP contribution in [-0.2, 0) is 6.42 Å². The van der Waals surface area contributed by atoms with Gasteiger partial charge in [-0.15, -0.1) is 0 Å². The molecule has 4 heteroatoms. The fraction of sp³-hybridized carbons (Fsp3) is 0.200. The van der Waals surface area contributed by atoms with Crippen LogP contribution in [0.25, 0.3) is 0 Å². The molecule has 0 aliphatic carbocycles. The maximum absolute atomic E-state index is 5.28. The zero-order chi connectivity index (χ0) is 6.69. The Morgan fingerprint density at radius 1 is 1.89 bits per heavy atom. The van der Waals surface area contributed by atoms with Crippen molar-refractivity contribution in [2.75, 3.05) is 0 Å². The third-order valence-corrected chi connectivity index (χ3v) is 1.59. The van der Waals surface area contributed by atoms with Crippen LogP contribution >= 0.6 is 23.8 Å². The van der Waals surface area contributed by atoms with Crippen LogP contribution in [0.4, 0.5) is 0 Å². The molecule has 0 radical (unpaired) electrons. The van der Waals surface area contributed by atoms with Gasteiger partial charge in [0.15, 0.2) is 0 Å². The minimum atomic E-state index is 0.501. The van der Waals surface area contributed by atoms with Gasteiger partial charge in [0, 0.05) is 11.8 Å². The monoisotopic (exact) mass is 158 g/mol. The normalized spacial score (nSPS) is 9.33. The van der Waals surface area contributed by atoms with E-state index in [1.807, 2.05) is 11.4 Å². The van der Waals surface area contributed by atoms with Gasteiger partial charge < -0.3 is 5.73 Å². The predicted octanol–water partition coefficient (Wildman–Crippen LogP) is 0.972. The molecule has 0 amide bonds. The molecule has 0 saturated carbocycles. The van der Waals surface area contributed by atoms with Crippen LogP contribution in [0.2, 0.25) is 0 Å². The van der Waals surface area contributed by atoms with E-state index in [4.69, 9.17) is 5.73 Å². The van der Waals surface area contributed by atoms with E-state index in [9.17, 15) is 0 Å². The Balaban J connectivity index is 2.58. The summed E-state index contributed by atoms with van der Waals surface area (Å²) >= 11 is 6.10. The van der Waals surface area contributed by atoms with E-state index < -0.39 is 0 Å². The molecule has 2 N–H and O–H groups in total. The Morgan fingerprint density at radius 2 is 2.67 bits per heavy atom. The fourth-order valence-electron chi connectivity index (χ4n) is 0.507. The fourth-order valence-corrected chi connectivity index (χ4v) is 1.19. The summed E-state index contributed by atoms with van der Waals surface area (Å²) in [6.07, 6.45) is 0.624. The SMILES string of the molecule is NC(=S)Cc1ccsn1. The summed E-state index contributed by atoms with van der Waals surface area (Å²) in [5, 5.41) is 1.91. The Kier molecular flexibility index (Phi) is 2.13. The summed E-state index contributed by atoms with van der Waals surface area (Å²) in [6, 6.07) is 1.92. The second kappa shape index (κ2) is 2.89. The number of nitrogens with two attached hydrogens (primary N) is 1. The van der Waals surface area contributed by atoms with Crippen LogP contribution in [-0.4, -0.2) is 9.36 Å². The molecule has 0 atom stereocenters. The third-order valence-electron chi connectivity index (χ3n) is 0.847. The Morgan fingerprint density at radius 3 is 3.11 bits per heavy atom. The lowest BCUT2D eigenvalue weighted by Crippen LogP contribution is -2.10. The molecule has 1 aromatic heterocycles. The van der Waals surface area contributed by atoms with Gasteiger partial charge in [0.2, 0.25) is 0 Å². The Labute approximate surface area is 62.9 Å². The van der Waals surface area contributed by atoms with Crippen molar-refractivity contribution in [1.29, 1.82) is 0 Å². The van der Waals surface area contributed by atoms with Gasteiger partial charge in [-0.05, 0) is 17.6 Å². The molecule has 0 saturated heterocycles. The number of rotatable bonds is 2. The van der Waals surface area contributed by atoms with Crippen LogP contribution in [0.3, 0.4) is 0 Å². The van der Waals surface area contributed by atoms with Crippen molar-refractivity contribution < 1.29 is 0 Å². The predicted molar refractivity (Wildman–Crippen MR) is 42.6 cm³/mol. The summed E-state index contributed by atoms with van der Waals surface area (Å²) < 4.78 is 4.03. The van der Waals surface area contributed by atoms with E-state index in [2.05, 4.69) is 16.6 Å². The minimum absolute atomic E-state index is 0.501. The molecular weight excluding hydrogens is 152 g/mol. The Bertz CT molecular complexity index is 193. The van der Waals surface area contributed by atoms with Crippen molar-refractivity contribution in [2.24, 2.45) is 5.73 Å².